The minimum absolute atomic E-state index is 0.0316. The van der Waals surface area contributed by atoms with Gasteiger partial charge in [-0.1, -0.05) is 65.1 Å². The summed E-state index contributed by atoms with van der Waals surface area (Å²) in [5.74, 6) is 1.30. The monoisotopic (exact) mass is 900 g/mol. The lowest BCUT2D eigenvalue weighted by Gasteiger charge is -2.32. The molecule has 0 saturated carbocycles. The van der Waals surface area contributed by atoms with E-state index < -0.39 is 11.7 Å². The van der Waals surface area contributed by atoms with E-state index in [0.29, 0.717) is 91.7 Å². The Balaban J connectivity index is 1.14. The van der Waals surface area contributed by atoms with Crippen LogP contribution in [0, 0.1) is 0 Å². The highest BCUT2D eigenvalue weighted by molar-refractivity contribution is 6.39. The molecule has 0 unspecified atom stereocenters. The summed E-state index contributed by atoms with van der Waals surface area (Å²) < 4.78 is 17.5. The van der Waals surface area contributed by atoms with Crippen molar-refractivity contribution in [1.29, 1.82) is 0 Å². The third-order valence-corrected chi connectivity index (χ3v) is 12.3. The van der Waals surface area contributed by atoms with Crippen molar-refractivity contribution in [3.05, 3.63) is 93.1 Å². The van der Waals surface area contributed by atoms with Crippen molar-refractivity contribution in [3.63, 3.8) is 0 Å². The summed E-state index contributed by atoms with van der Waals surface area (Å²) in [6.45, 7) is 9.58. The van der Waals surface area contributed by atoms with Crippen LogP contribution in [0.2, 0.25) is 15.1 Å². The van der Waals surface area contributed by atoms with Gasteiger partial charge in [0.25, 0.3) is 0 Å². The molecule has 0 spiro atoms. The first kappa shape index (κ1) is 44.9. The Kier molecular flexibility index (Phi) is 13.8. The molecule has 1 atom stereocenters. The number of halogens is 3. The number of rotatable bonds is 12. The SMILES string of the molecule is COc1cc(-c2nccc(-c3cccc(-c4ccc5c(OC)c(CNC6CCN(C(C)=O)CC6)cc(Cl)c5n4)c3Cl)c2Cl)ccc1CN(C[C@@H]1CCC(=O)N1)C(=O)OC(C)(C)C. The van der Waals surface area contributed by atoms with Gasteiger partial charge in [0.15, 0.2) is 0 Å². The molecule has 2 fully saturated rings. The number of nitrogens with one attached hydrogen (secondary N) is 2. The predicted octanol–water partition coefficient (Wildman–Crippen LogP) is 9.72. The number of fused-ring (bicyclic) bond motifs is 1. The molecule has 0 bridgehead atoms. The van der Waals surface area contributed by atoms with E-state index in [9.17, 15) is 14.4 Å². The number of amides is 3. The lowest BCUT2D eigenvalue weighted by atomic mass is 9.98. The van der Waals surface area contributed by atoms with E-state index in [0.717, 1.165) is 42.4 Å². The number of carbonyl (C=O) groups excluding carboxylic acids is 3. The number of likely N-dealkylation sites (tertiary alicyclic amines) is 1. The quantitative estimate of drug-likeness (QED) is 0.126. The van der Waals surface area contributed by atoms with Gasteiger partial charge in [-0.15, -0.1) is 0 Å². The second-order valence-corrected chi connectivity index (χ2v) is 17.8. The summed E-state index contributed by atoms with van der Waals surface area (Å²) in [6.07, 6.45) is 4.01. The van der Waals surface area contributed by atoms with Gasteiger partial charge < -0.3 is 34.6 Å². The largest absolute Gasteiger partial charge is 0.496 e. The fourth-order valence-electron chi connectivity index (χ4n) is 8.09. The number of hydrogen-bond donors (Lipinski definition) is 2. The Hall–Kier alpha value is -5.14. The number of hydrogen-bond acceptors (Lipinski definition) is 9. The minimum atomic E-state index is -0.702. The van der Waals surface area contributed by atoms with Crippen molar-refractivity contribution in [1.82, 2.24) is 30.4 Å². The standard InChI is InChI=1S/C47H51Cl3N6O6/c1-27(57)55-20-17-31(18-21-55)52-24-30-22-37(48)44-36(45(30)61-6)13-14-38(54-44)35-9-7-8-33(41(35)49)34-16-19-51-43(42(34)50)28-10-11-29(39(23-28)60-5)25-56(46(59)62-47(2,3)4)26-32-12-15-40(58)53-32/h7-11,13-14,16,19,22-23,31-32,52H,12,15,17-18,20-21,24-26H2,1-6H3,(H,53,58)/t32-/m0/s1. The van der Waals surface area contributed by atoms with E-state index in [1.165, 1.54) is 0 Å². The zero-order chi connectivity index (χ0) is 44.3. The van der Waals surface area contributed by atoms with Crippen LogP contribution in [0.5, 0.6) is 11.5 Å². The van der Waals surface area contributed by atoms with Crippen LogP contribution in [0.4, 0.5) is 4.79 Å². The lowest BCUT2D eigenvalue weighted by molar-refractivity contribution is -0.130. The van der Waals surface area contributed by atoms with Gasteiger partial charge in [-0.25, -0.2) is 9.78 Å². The van der Waals surface area contributed by atoms with Crippen LogP contribution < -0.4 is 20.1 Å². The summed E-state index contributed by atoms with van der Waals surface area (Å²) in [5.41, 5.74) is 5.43. The molecule has 2 saturated heterocycles. The van der Waals surface area contributed by atoms with E-state index in [-0.39, 0.29) is 30.4 Å². The molecule has 4 heterocycles. The number of aromatic nitrogens is 2. The number of pyridine rings is 2. The number of carbonyl (C=O) groups is 3. The Labute approximate surface area is 377 Å². The molecule has 12 nitrogen and oxygen atoms in total. The Morgan fingerprint density at radius 2 is 1.66 bits per heavy atom. The number of benzene rings is 3. The molecule has 2 aliphatic rings. The zero-order valence-electron chi connectivity index (χ0n) is 35.7. The summed E-state index contributed by atoms with van der Waals surface area (Å²) in [6, 6.07) is 19.0. The number of ether oxygens (including phenoxy) is 3. The fraction of sp³-hybridized carbons (Fsp3) is 0.383. The summed E-state index contributed by atoms with van der Waals surface area (Å²) >= 11 is 21.3. The van der Waals surface area contributed by atoms with Crippen molar-refractivity contribution in [2.24, 2.45) is 0 Å². The first-order valence-electron chi connectivity index (χ1n) is 20.7. The highest BCUT2D eigenvalue weighted by atomic mass is 35.5. The molecule has 326 valence electrons. The topological polar surface area (TPSA) is 135 Å². The van der Waals surface area contributed by atoms with Crippen molar-refractivity contribution >= 4 is 63.6 Å². The third-order valence-electron chi connectivity index (χ3n) is 11.2. The van der Waals surface area contributed by atoms with Crippen LogP contribution in [0.3, 0.4) is 0 Å². The van der Waals surface area contributed by atoms with Gasteiger partial charge in [0.05, 0.1) is 52.7 Å². The smallest absolute Gasteiger partial charge is 0.410 e. The normalized spacial score (nSPS) is 15.7. The van der Waals surface area contributed by atoms with Gasteiger partial charge >= 0.3 is 6.09 Å². The molecule has 0 radical (unpaired) electrons. The van der Waals surface area contributed by atoms with Crippen LogP contribution in [0.15, 0.2) is 66.9 Å². The summed E-state index contributed by atoms with van der Waals surface area (Å²) in [5, 5.41) is 8.67. The van der Waals surface area contributed by atoms with E-state index in [4.69, 9.17) is 54.0 Å². The molecular formula is C47H51Cl3N6O6. The second-order valence-electron chi connectivity index (χ2n) is 16.7. The van der Waals surface area contributed by atoms with E-state index in [1.54, 1.807) is 32.2 Å². The summed E-state index contributed by atoms with van der Waals surface area (Å²) in [4.78, 5) is 50.2. The predicted molar refractivity (Wildman–Crippen MR) is 244 cm³/mol. The molecule has 2 N–H and O–H groups in total. The van der Waals surface area contributed by atoms with Crippen LogP contribution in [-0.2, 0) is 27.4 Å². The molecule has 7 rings (SSSR count). The molecule has 5 aromatic rings. The van der Waals surface area contributed by atoms with Crippen LogP contribution in [0.25, 0.3) is 44.5 Å². The van der Waals surface area contributed by atoms with Gasteiger partial charge in [0.1, 0.15) is 17.1 Å². The first-order valence-corrected chi connectivity index (χ1v) is 21.8. The van der Waals surface area contributed by atoms with Crippen LogP contribution >= 0.6 is 34.8 Å². The lowest BCUT2D eigenvalue weighted by Crippen LogP contribution is -2.43. The molecule has 2 aromatic heterocycles. The van der Waals surface area contributed by atoms with Crippen molar-refractivity contribution in [3.8, 4) is 45.1 Å². The van der Waals surface area contributed by atoms with Gasteiger partial charge in [-0.2, -0.15) is 0 Å². The Bertz CT molecular complexity index is 2500. The molecule has 3 aromatic carbocycles. The minimum Gasteiger partial charge on any atom is -0.496 e. The van der Waals surface area contributed by atoms with Gasteiger partial charge in [-0.3, -0.25) is 14.6 Å². The third kappa shape index (κ3) is 10.0. The zero-order valence-corrected chi connectivity index (χ0v) is 38.0. The van der Waals surface area contributed by atoms with Gasteiger partial charge in [-0.05, 0) is 70.4 Å². The van der Waals surface area contributed by atoms with Crippen molar-refractivity contribution in [2.75, 3.05) is 33.9 Å². The van der Waals surface area contributed by atoms with Crippen molar-refractivity contribution in [2.45, 2.75) is 84.2 Å². The molecule has 2 aliphatic heterocycles. The average Bonchev–Trinajstić information content (AvgIpc) is 3.66. The van der Waals surface area contributed by atoms with E-state index >= 15 is 0 Å². The summed E-state index contributed by atoms with van der Waals surface area (Å²) in [7, 11) is 3.21. The average molecular weight is 902 g/mol. The highest BCUT2D eigenvalue weighted by Gasteiger charge is 2.30. The van der Waals surface area contributed by atoms with E-state index in [2.05, 4.69) is 15.6 Å². The van der Waals surface area contributed by atoms with Crippen LogP contribution in [0.1, 0.15) is 64.5 Å². The molecule has 15 heteroatoms. The number of methoxy groups -OCH3 is 2. The fourth-order valence-corrected chi connectivity index (χ4v) is 9.01. The first-order chi connectivity index (χ1) is 29.6. The highest BCUT2D eigenvalue weighted by Crippen LogP contribution is 2.43. The molecule has 62 heavy (non-hydrogen) atoms. The van der Waals surface area contributed by atoms with Gasteiger partial charge in [0.2, 0.25) is 11.8 Å². The van der Waals surface area contributed by atoms with Crippen LogP contribution in [-0.4, -0.2) is 89.2 Å². The van der Waals surface area contributed by atoms with Gasteiger partial charge in [0, 0.05) is 96.6 Å². The molecular weight excluding hydrogens is 851 g/mol. The van der Waals surface area contributed by atoms with Crippen molar-refractivity contribution < 1.29 is 28.6 Å². The number of nitrogens with zero attached hydrogens (tertiary/aromatic N) is 4. The second kappa shape index (κ2) is 19.1. The molecule has 0 aliphatic carbocycles. The maximum Gasteiger partial charge on any atom is 0.410 e. The Morgan fingerprint density at radius 3 is 2.34 bits per heavy atom. The number of piperidine rings is 1. The maximum atomic E-state index is 13.4. The maximum absolute atomic E-state index is 13.4. The van der Waals surface area contributed by atoms with E-state index in [1.807, 2.05) is 86.3 Å². The Morgan fingerprint density at radius 1 is 0.919 bits per heavy atom. The molecule has 3 amide bonds.